The van der Waals surface area contributed by atoms with Gasteiger partial charge in [0.15, 0.2) is 0 Å². The molecule has 8 nitrogen and oxygen atoms in total. The summed E-state index contributed by atoms with van der Waals surface area (Å²) in [6, 6.07) is 8.80. The number of hydrogen-bond acceptors (Lipinski definition) is 5. The van der Waals surface area contributed by atoms with Crippen molar-refractivity contribution in [2.24, 2.45) is 0 Å². The SMILES string of the molecule is CN(C)C(=O)N1CCOC[C@]2(C1)CN(c1ccc(C#N)cc1)C(=O)CO2. The van der Waals surface area contributed by atoms with E-state index in [0.717, 1.165) is 0 Å². The Kier molecular flexibility index (Phi) is 5.11. The predicted octanol–water partition coefficient (Wildman–Crippen LogP) is 0.674. The van der Waals surface area contributed by atoms with Crippen LogP contribution in [-0.4, -0.2) is 80.9 Å². The van der Waals surface area contributed by atoms with E-state index in [0.29, 0.717) is 37.6 Å². The van der Waals surface area contributed by atoms with E-state index in [1.165, 1.54) is 4.90 Å². The summed E-state index contributed by atoms with van der Waals surface area (Å²) in [7, 11) is 3.41. The third-order valence-electron chi connectivity index (χ3n) is 4.56. The molecule has 3 rings (SSSR count). The lowest BCUT2D eigenvalue weighted by molar-refractivity contribution is -0.145. The molecule has 1 aromatic carbocycles. The molecule has 2 heterocycles. The number of anilines is 1. The van der Waals surface area contributed by atoms with Crippen molar-refractivity contribution in [3.8, 4) is 6.07 Å². The molecule has 2 aliphatic heterocycles. The lowest BCUT2D eigenvalue weighted by atomic mass is 10.0. The molecule has 0 unspecified atom stereocenters. The predicted molar refractivity (Wildman–Crippen MR) is 93.7 cm³/mol. The minimum atomic E-state index is -0.774. The zero-order valence-corrected chi connectivity index (χ0v) is 15.0. The number of urea groups is 1. The third kappa shape index (κ3) is 3.64. The summed E-state index contributed by atoms with van der Waals surface area (Å²) in [5.74, 6) is -0.157. The molecule has 0 bridgehead atoms. The number of benzene rings is 1. The van der Waals surface area contributed by atoms with Crippen LogP contribution in [0.2, 0.25) is 0 Å². The van der Waals surface area contributed by atoms with E-state index in [4.69, 9.17) is 14.7 Å². The minimum Gasteiger partial charge on any atom is -0.376 e. The van der Waals surface area contributed by atoms with Crippen LogP contribution in [0.15, 0.2) is 24.3 Å². The first-order valence-corrected chi connectivity index (χ1v) is 8.43. The molecule has 1 spiro atoms. The Morgan fingerprint density at radius 2 is 2.00 bits per heavy atom. The number of nitrogens with zero attached hydrogens (tertiary/aromatic N) is 4. The van der Waals surface area contributed by atoms with Crippen LogP contribution in [0.4, 0.5) is 10.5 Å². The van der Waals surface area contributed by atoms with Crippen LogP contribution in [0.25, 0.3) is 0 Å². The van der Waals surface area contributed by atoms with Gasteiger partial charge in [0.25, 0.3) is 5.91 Å². The zero-order valence-electron chi connectivity index (χ0n) is 15.0. The number of ether oxygens (including phenoxy) is 2. The summed E-state index contributed by atoms with van der Waals surface area (Å²) in [6.45, 7) is 1.78. The maximum atomic E-state index is 12.4. The summed E-state index contributed by atoms with van der Waals surface area (Å²) < 4.78 is 11.6. The van der Waals surface area contributed by atoms with Crippen molar-refractivity contribution in [3.63, 3.8) is 0 Å². The normalized spacial score (nSPS) is 23.5. The number of nitriles is 1. The van der Waals surface area contributed by atoms with Gasteiger partial charge in [-0.2, -0.15) is 5.26 Å². The molecule has 0 saturated carbocycles. The second-order valence-electron chi connectivity index (χ2n) is 6.76. The molecular weight excluding hydrogens is 336 g/mol. The van der Waals surface area contributed by atoms with Gasteiger partial charge in [-0.05, 0) is 24.3 Å². The van der Waals surface area contributed by atoms with Crippen LogP contribution < -0.4 is 4.90 Å². The maximum absolute atomic E-state index is 12.4. The third-order valence-corrected chi connectivity index (χ3v) is 4.56. The fraction of sp³-hybridized carbons (Fsp3) is 0.500. The van der Waals surface area contributed by atoms with Crippen molar-refractivity contribution in [1.29, 1.82) is 5.26 Å². The quantitative estimate of drug-likeness (QED) is 0.737. The fourth-order valence-electron chi connectivity index (χ4n) is 3.20. The van der Waals surface area contributed by atoms with Gasteiger partial charge in [-0.3, -0.25) is 4.79 Å². The lowest BCUT2D eigenvalue weighted by Crippen LogP contribution is -2.61. The fourth-order valence-corrected chi connectivity index (χ4v) is 3.20. The molecule has 0 aliphatic carbocycles. The highest BCUT2D eigenvalue weighted by atomic mass is 16.6. The lowest BCUT2D eigenvalue weighted by Gasteiger charge is -2.43. The van der Waals surface area contributed by atoms with Gasteiger partial charge < -0.3 is 24.2 Å². The van der Waals surface area contributed by atoms with E-state index in [-0.39, 0.29) is 25.1 Å². The Morgan fingerprint density at radius 3 is 2.65 bits per heavy atom. The average molecular weight is 358 g/mol. The Hall–Kier alpha value is -2.63. The van der Waals surface area contributed by atoms with Crippen LogP contribution in [0.3, 0.4) is 0 Å². The first-order chi connectivity index (χ1) is 12.4. The van der Waals surface area contributed by atoms with Gasteiger partial charge in [0.2, 0.25) is 0 Å². The Bertz CT molecular complexity index is 728. The first kappa shape index (κ1) is 18.2. The van der Waals surface area contributed by atoms with Crippen LogP contribution in [0.5, 0.6) is 0 Å². The van der Waals surface area contributed by atoms with Crippen molar-refractivity contribution >= 4 is 17.6 Å². The van der Waals surface area contributed by atoms with Crippen LogP contribution in [0, 0.1) is 11.3 Å². The molecule has 0 aromatic heterocycles. The molecule has 0 N–H and O–H groups in total. The number of carbonyl (C=O) groups is 2. The number of hydrogen-bond donors (Lipinski definition) is 0. The second kappa shape index (κ2) is 7.32. The first-order valence-electron chi connectivity index (χ1n) is 8.43. The summed E-state index contributed by atoms with van der Waals surface area (Å²) in [5, 5.41) is 8.94. The highest BCUT2D eigenvalue weighted by molar-refractivity contribution is 5.95. The molecule has 2 fully saturated rings. The molecule has 2 aliphatic rings. The molecule has 138 valence electrons. The highest BCUT2D eigenvalue weighted by Gasteiger charge is 2.44. The van der Waals surface area contributed by atoms with Gasteiger partial charge in [0.05, 0.1) is 37.9 Å². The van der Waals surface area contributed by atoms with E-state index in [1.807, 2.05) is 0 Å². The topological polar surface area (TPSA) is 86.1 Å². The number of amides is 3. The van der Waals surface area contributed by atoms with Gasteiger partial charge >= 0.3 is 6.03 Å². The summed E-state index contributed by atoms with van der Waals surface area (Å²) in [6.07, 6.45) is 0. The van der Waals surface area contributed by atoms with Crippen molar-refractivity contribution in [2.75, 3.05) is 58.5 Å². The number of rotatable bonds is 1. The van der Waals surface area contributed by atoms with E-state index in [2.05, 4.69) is 6.07 Å². The van der Waals surface area contributed by atoms with E-state index in [9.17, 15) is 9.59 Å². The van der Waals surface area contributed by atoms with Gasteiger partial charge in [0.1, 0.15) is 12.2 Å². The monoisotopic (exact) mass is 358 g/mol. The molecule has 8 heteroatoms. The van der Waals surface area contributed by atoms with Gasteiger partial charge in [-0.25, -0.2) is 4.79 Å². The Labute approximate surface area is 152 Å². The summed E-state index contributed by atoms with van der Waals surface area (Å²) in [5.41, 5.74) is 0.459. The van der Waals surface area contributed by atoms with Crippen molar-refractivity contribution < 1.29 is 19.1 Å². The van der Waals surface area contributed by atoms with Crippen molar-refractivity contribution in [1.82, 2.24) is 9.80 Å². The highest BCUT2D eigenvalue weighted by Crippen LogP contribution is 2.27. The molecule has 2 saturated heterocycles. The van der Waals surface area contributed by atoms with Gasteiger partial charge in [-0.15, -0.1) is 0 Å². The molecule has 1 atom stereocenters. The maximum Gasteiger partial charge on any atom is 0.319 e. The largest absolute Gasteiger partial charge is 0.376 e. The Balaban J connectivity index is 1.83. The smallest absolute Gasteiger partial charge is 0.319 e. The summed E-state index contributed by atoms with van der Waals surface area (Å²) in [4.78, 5) is 29.6. The van der Waals surface area contributed by atoms with Crippen LogP contribution in [0.1, 0.15) is 5.56 Å². The van der Waals surface area contributed by atoms with Crippen molar-refractivity contribution in [2.45, 2.75) is 5.60 Å². The second-order valence-corrected chi connectivity index (χ2v) is 6.76. The minimum absolute atomic E-state index is 0.0760. The molecular formula is C18H22N4O4. The molecule has 3 amide bonds. The standard InChI is InChI=1S/C18H22N4O4/c1-20(2)17(24)21-7-8-25-13-18(11-21)12-22(16(23)10-26-18)15-5-3-14(9-19)4-6-15/h3-6H,7-8,10-13H2,1-2H3/t18-/m0/s1. The summed E-state index contributed by atoms with van der Waals surface area (Å²) >= 11 is 0. The average Bonchev–Trinajstić information content (AvgIpc) is 2.86. The van der Waals surface area contributed by atoms with E-state index >= 15 is 0 Å². The molecule has 0 radical (unpaired) electrons. The van der Waals surface area contributed by atoms with Crippen molar-refractivity contribution in [3.05, 3.63) is 29.8 Å². The number of morpholine rings is 1. The zero-order chi connectivity index (χ0) is 18.7. The van der Waals surface area contributed by atoms with Gasteiger partial charge in [-0.1, -0.05) is 0 Å². The van der Waals surface area contributed by atoms with Crippen LogP contribution in [-0.2, 0) is 14.3 Å². The molecule has 26 heavy (non-hydrogen) atoms. The van der Waals surface area contributed by atoms with Crippen LogP contribution >= 0.6 is 0 Å². The number of carbonyl (C=O) groups excluding carboxylic acids is 2. The Morgan fingerprint density at radius 1 is 1.27 bits per heavy atom. The van der Waals surface area contributed by atoms with E-state index in [1.54, 1.807) is 48.2 Å². The van der Waals surface area contributed by atoms with E-state index < -0.39 is 5.60 Å². The molecule has 1 aromatic rings. The van der Waals surface area contributed by atoms with Gasteiger partial charge in [0, 0.05) is 26.3 Å².